The maximum absolute atomic E-state index is 14.3. The predicted molar refractivity (Wildman–Crippen MR) is 78.4 cm³/mol. The first-order valence-electron chi connectivity index (χ1n) is 6.13. The molecule has 0 saturated carbocycles. The smallest absolute Gasteiger partial charge is 0.170 e. The summed E-state index contributed by atoms with van der Waals surface area (Å²) in [5.74, 6) is -0.0305. The highest BCUT2D eigenvalue weighted by atomic mass is 32.1. The third kappa shape index (κ3) is 4.01. The summed E-state index contributed by atoms with van der Waals surface area (Å²) in [6, 6.07) is 3.60. The van der Waals surface area contributed by atoms with E-state index in [0.29, 0.717) is 12.1 Å². The Morgan fingerprint density at radius 3 is 2.74 bits per heavy atom. The van der Waals surface area contributed by atoms with Gasteiger partial charge in [-0.2, -0.15) is 11.3 Å². The standard InChI is InChI=1S/C14H18FN3S/c1-14(2,3)17-8-10-4-6-16-13(12(10)15)18-11-5-7-19-9-11/h4-7,9,17H,8H2,1-3H3,(H,16,18). The van der Waals surface area contributed by atoms with Crippen LogP contribution in [0.25, 0.3) is 0 Å². The van der Waals surface area contributed by atoms with E-state index in [4.69, 9.17) is 0 Å². The lowest BCUT2D eigenvalue weighted by molar-refractivity contribution is 0.418. The van der Waals surface area contributed by atoms with Gasteiger partial charge in [-0.15, -0.1) is 0 Å². The normalized spacial score (nSPS) is 11.6. The minimum atomic E-state index is -0.301. The topological polar surface area (TPSA) is 37.0 Å². The maximum Gasteiger partial charge on any atom is 0.170 e. The molecule has 0 aromatic carbocycles. The molecule has 0 saturated heterocycles. The zero-order valence-corrected chi connectivity index (χ0v) is 12.1. The van der Waals surface area contributed by atoms with Crippen LogP contribution in [0.4, 0.5) is 15.9 Å². The number of hydrogen-bond donors (Lipinski definition) is 2. The molecule has 0 fully saturated rings. The second kappa shape index (κ2) is 5.67. The first-order valence-corrected chi connectivity index (χ1v) is 7.07. The molecule has 0 aliphatic carbocycles. The van der Waals surface area contributed by atoms with Crippen molar-refractivity contribution in [3.8, 4) is 0 Å². The van der Waals surface area contributed by atoms with Gasteiger partial charge in [0.2, 0.25) is 0 Å². The second-order valence-electron chi connectivity index (χ2n) is 5.37. The molecule has 0 aliphatic rings. The fraction of sp³-hybridized carbons (Fsp3) is 0.357. The van der Waals surface area contributed by atoms with Crippen molar-refractivity contribution >= 4 is 22.8 Å². The van der Waals surface area contributed by atoms with Crippen molar-refractivity contribution in [3.63, 3.8) is 0 Å². The summed E-state index contributed by atoms with van der Waals surface area (Å²) in [4.78, 5) is 4.05. The van der Waals surface area contributed by atoms with Crippen LogP contribution in [0.1, 0.15) is 26.3 Å². The molecule has 2 rings (SSSR count). The van der Waals surface area contributed by atoms with Gasteiger partial charge in [-0.1, -0.05) is 0 Å². The Morgan fingerprint density at radius 1 is 1.32 bits per heavy atom. The Morgan fingerprint density at radius 2 is 2.11 bits per heavy atom. The number of aromatic nitrogens is 1. The maximum atomic E-state index is 14.3. The van der Waals surface area contributed by atoms with Crippen molar-refractivity contribution in [2.24, 2.45) is 0 Å². The molecule has 0 atom stereocenters. The molecule has 2 heterocycles. The number of nitrogens with one attached hydrogen (secondary N) is 2. The summed E-state index contributed by atoms with van der Waals surface area (Å²) < 4.78 is 14.3. The van der Waals surface area contributed by atoms with Gasteiger partial charge in [0.25, 0.3) is 0 Å². The van der Waals surface area contributed by atoms with Gasteiger partial charge >= 0.3 is 0 Å². The number of pyridine rings is 1. The van der Waals surface area contributed by atoms with Gasteiger partial charge in [-0.05, 0) is 38.3 Å². The minimum Gasteiger partial charge on any atom is -0.337 e. The van der Waals surface area contributed by atoms with Gasteiger partial charge in [-0.25, -0.2) is 9.37 Å². The molecule has 0 amide bonds. The predicted octanol–water partition coefficient (Wildman–Crippen LogP) is 3.91. The Labute approximate surface area is 116 Å². The van der Waals surface area contributed by atoms with Crippen molar-refractivity contribution in [3.05, 3.63) is 40.5 Å². The largest absolute Gasteiger partial charge is 0.337 e. The van der Waals surface area contributed by atoms with E-state index in [0.717, 1.165) is 5.69 Å². The lowest BCUT2D eigenvalue weighted by Gasteiger charge is -2.21. The number of thiophene rings is 1. The van der Waals surface area contributed by atoms with Crippen molar-refractivity contribution in [2.75, 3.05) is 5.32 Å². The van der Waals surface area contributed by atoms with Crippen LogP contribution in [0.5, 0.6) is 0 Å². The van der Waals surface area contributed by atoms with E-state index >= 15 is 0 Å². The molecule has 2 aromatic heterocycles. The molecule has 3 nitrogen and oxygen atoms in total. The van der Waals surface area contributed by atoms with Crippen LogP contribution < -0.4 is 10.6 Å². The molecule has 19 heavy (non-hydrogen) atoms. The lowest BCUT2D eigenvalue weighted by Crippen LogP contribution is -2.35. The Hall–Kier alpha value is -1.46. The van der Waals surface area contributed by atoms with E-state index in [1.54, 1.807) is 23.6 Å². The highest BCUT2D eigenvalue weighted by Gasteiger charge is 2.13. The average molecular weight is 279 g/mol. The van der Waals surface area contributed by atoms with Crippen LogP contribution in [0.2, 0.25) is 0 Å². The Balaban J connectivity index is 2.13. The number of hydrogen-bond acceptors (Lipinski definition) is 4. The number of halogens is 1. The van der Waals surface area contributed by atoms with E-state index in [1.807, 2.05) is 16.8 Å². The van der Waals surface area contributed by atoms with E-state index in [-0.39, 0.29) is 17.2 Å². The van der Waals surface area contributed by atoms with Gasteiger partial charge in [0.1, 0.15) is 0 Å². The summed E-state index contributed by atoms with van der Waals surface area (Å²) >= 11 is 1.56. The highest BCUT2D eigenvalue weighted by molar-refractivity contribution is 7.08. The van der Waals surface area contributed by atoms with E-state index in [9.17, 15) is 4.39 Å². The quantitative estimate of drug-likeness (QED) is 0.891. The first kappa shape index (κ1) is 14.0. The van der Waals surface area contributed by atoms with Crippen LogP contribution in [-0.2, 0) is 6.54 Å². The molecule has 0 unspecified atom stereocenters. The zero-order chi connectivity index (χ0) is 13.9. The van der Waals surface area contributed by atoms with Crippen LogP contribution in [0.15, 0.2) is 29.1 Å². The molecule has 2 aromatic rings. The van der Waals surface area contributed by atoms with Gasteiger partial charge in [-0.3, -0.25) is 0 Å². The summed E-state index contributed by atoms with van der Waals surface area (Å²) in [7, 11) is 0. The van der Waals surface area contributed by atoms with Gasteiger partial charge in [0.15, 0.2) is 11.6 Å². The summed E-state index contributed by atoms with van der Waals surface area (Å²) in [6.45, 7) is 6.64. The molecule has 0 radical (unpaired) electrons. The van der Waals surface area contributed by atoms with Crippen molar-refractivity contribution < 1.29 is 4.39 Å². The first-order chi connectivity index (χ1) is 8.96. The second-order valence-corrected chi connectivity index (χ2v) is 6.15. The lowest BCUT2D eigenvalue weighted by atomic mass is 10.1. The molecule has 102 valence electrons. The summed E-state index contributed by atoms with van der Waals surface area (Å²) in [5.41, 5.74) is 1.43. The zero-order valence-electron chi connectivity index (χ0n) is 11.3. The molecular weight excluding hydrogens is 261 g/mol. The van der Waals surface area contributed by atoms with E-state index in [1.165, 1.54) is 0 Å². The van der Waals surface area contributed by atoms with Crippen molar-refractivity contribution in [1.29, 1.82) is 0 Å². The number of anilines is 2. The van der Waals surface area contributed by atoms with Gasteiger partial charge < -0.3 is 10.6 Å². The van der Waals surface area contributed by atoms with E-state index < -0.39 is 0 Å². The highest BCUT2D eigenvalue weighted by Crippen LogP contribution is 2.22. The third-order valence-electron chi connectivity index (χ3n) is 2.56. The molecule has 0 bridgehead atoms. The molecule has 5 heteroatoms. The third-order valence-corrected chi connectivity index (χ3v) is 3.25. The number of nitrogens with zero attached hydrogens (tertiary/aromatic N) is 1. The summed E-state index contributed by atoms with van der Waals surface area (Å²) in [5, 5.41) is 10.1. The number of rotatable bonds is 4. The average Bonchev–Trinajstić information content (AvgIpc) is 2.82. The Bertz CT molecular complexity index is 532. The van der Waals surface area contributed by atoms with Gasteiger partial charge in [0, 0.05) is 29.2 Å². The molecule has 2 N–H and O–H groups in total. The SMILES string of the molecule is CC(C)(C)NCc1ccnc(Nc2ccsc2)c1F. The van der Waals surface area contributed by atoms with Crippen LogP contribution >= 0.6 is 11.3 Å². The molecule has 0 spiro atoms. The summed E-state index contributed by atoms with van der Waals surface area (Å²) in [6.07, 6.45) is 1.62. The molecular formula is C14H18FN3S. The van der Waals surface area contributed by atoms with E-state index in [2.05, 4.69) is 36.4 Å². The fourth-order valence-electron chi connectivity index (χ4n) is 1.54. The van der Waals surface area contributed by atoms with Crippen LogP contribution in [0.3, 0.4) is 0 Å². The van der Waals surface area contributed by atoms with Crippen molar-refractivity contribution in [1.82, 2.24) is 10.3 Å². The van der Waals surface area contributed by atoms with Crippen LogP contribution in [-0.4, -0.2) is 10.5 Å². The fourth-order valence-corrected chi connectivity index (χ4v) is 2.13. The van der Waals surface area contributed by atoms with Crippen LogP contribution in [0, 0.1) is 5.82 Å². The minimum absolute atomic E-state index is 0.0450. The van der Waals surface area contributed by atoms with Crippen molar-refractivity contribution in [2.45, 2.75) is 32.9 Å². The molecule has 0 aliphatic heterocycles. The Kier molecular flexibility index (Phi) is 4.17. The monoisotopic (exact) mass is 279 g/mol. The van der Waals surface area contributed by atoms with Gasteiger partial charge in [0.05, 0.1) is 5.69 Å².